The Morgan fingerprint density at radius 1 is 1.30 bits per heavy atom. The SMILES string of the molecule is CCCNCc1occc1CN1CCCC(CC)CC1. The van der Waals surface area contributed by atoms with Crippen molar-refractivity contribution in [1.82, 2.24) is 10.2 Å². The van der Waals surface area contributed by atoms with Crippen LogP contribution >= 0.6 is 0 Å². The largest absolute Gasteiger partial charge is 0.468 e. The van der Waals surface area contributed by atoms with Gasteiger partial charge in [0.15, 0.2) is 0 Å². The quantitative estimate of drug-likeness (QED) is 0.769. The van der Waals surface area contributed by atoms with Gasteiger partial charge in [0.05, 0.1) is 12.8 Å². The average molecular weight is 278 g/mol. The minimum absolute atomic E-state index is 0.863. The van der Waals surface area contributed by atoms with E-state index < -0.39 is 0 Å². The van der Waals surface area contributed by atoms with Crippen molar-refractivity contribution < 1.29 is 4.42 Å². The van der Waals surface area contributed by atoms with Crippen LogP contribution in [-0.4, -0.2) is 24.5 Å². The van der Waals surface area contributed by atoms with Crippen LogP contribution < -0.4 is 5.32 Å². The maximum absolute atomic E-state index is 5.64. The van der Waals surface area contributed by atoms with Crippen LogP contribution in [0.5, 0.6) is 0 Å². The van der Waals surface area contributed by atoms with E-state index >= 15 is 0 Å². The molecule has 0 aromatic carbocycles. The molecule has 2 heterocycles. The molecule has 3 heteroatoms. The van der Waals surface area contributed by atoms with E-state index in [1.54, 1.807) is 0 Å². The van der Waals surface area contributed by atoms with Gasteiger partial charge in [0.25, 0.3) is 0 Å². The number of furan rings is 1. The third-order valence-electron chi connectivity index (χ3n) is 4.46. The third-order valence-corrected chi connectivity index (χ3v) is 4.46. The van der Waals surface area contributed by atoms with Crippen molar-refractivity contribution in [2.75, 3.05) is 19.6 Å². The Morgan fingerprint density at radius 3 is 3.00 bits per heavy atom. The molecule has 1 unspecified atom stereocenters. The first-order valence-electron chi connectivity index (χ1n) is 8.31. The molecule has 2 rings (SSSR count). The van der Waals surface area contributed by atoms with Crippen LogP contribution in [0.1, 0.15) is 57.3 Å². The summed E-state index contributed by atoms with van der Waals surface area (Å²) in [7, 11) is 0. The molecule has 1 aliphatic heterocycles. The predicted octanol–water partition coefficient (Wildman–Crippen LogP) is 3.79. The monoisotopic (exact) mass is 278 g/mol. The van der Waals surface area contributed by atoms with Gasteiger partial charge in [-0.1, -0.05) is 20.3 Å². The summed E-state index contributed by atoms with van der Waals surface area (Å²) in [6, 6.07) is 2.14. The lowest BCUT2D eigenvalue weighted by Gasteiger charge is -2.20. The smallest absolute Gasteiger partial charge is 0.122 e. The van der Waals surface area contributed by atoms with E-state index in [-0.39, 0.29) is 0 Å². The summed E-state index contributed by atoms with van der Waals surface area (Å²) in [6.45, 7) is 9.97. The summed E-state index contributed by atoms with van der Waals surface area (Å²) in [4.78, 5) is 2.60. The number of hydrogen-bond donors (Lipinski definition) is 1. The number of nitrogens with one attached hydrogen (secondary N) is 1. The molecule has 114 valence electrons. The second-order valence-corrected chi connectivity index (χ2v) is 6.03. The van der Waals surface area contributed by atoms with Crippen LogP contribution in [0.3, 0.4) is 0 Å². The highest BCUT2D eigenvalue weighted by Gasteiger charge is 2.17. The van der Waals surface area contributed by atoms with Gasteiger partial charge >= 0.3 is 0 Å². The van der Waals surface area contributed by atoms with Crippen LogP contribution in [0, 0.1) is 5.92 Å². The van der Waals surface area contributed by atoms with E-state index in [9.17, 15) is 0 Å². The fourth-order valence-corrected chi connectivity index (χ4v) is 3.07. The lowest BCUT2D eigenvalue weighted by atomic mass is 9.98. The number of rotatable bonds is 7. The van der Waals surface area contributed by atoms with E-state index in [4.69, 9.17) is 4.42 Å². The molecule has 1 N–H and O–H groups in total. The second kappa shape index (κ2) is 8.48. The molecule has 1 aliphatic rings. The van der Waals surface area contributed by atoms with Crippen molar-refractivity contribution in [3.63, 3.8) is 0 Å². The van der Waals surface area contributed by atoms with Crippen LogP contribution in [0.2, 0.25) is 0 Å². The van der Waals surface area contributed by atoms with Crippen molar-refractivity contribution in [1.29, 1.82) is 0 Å². The molecule has 0 aliphatic carbocycles. The maximum atomic E-state index is 5.64. The molecular formula is C17H30N2O. The lowest BCUT2D eigenvalue weighted by Crippen LogP contribution is -2.25. The highest BCUT2D eigenvalue weighted by atomic mass is 16.3. The first-order valence-corrected chi connectivity index (χ1v) is 8.31. The Bertz CT molecular complexity index is 375. The zero-order valence-corrected chi connectivity index (χ0v) is 13.2. The van der Waals surface area contributed by atoms with Gasteiger partial charge in [-0.25, -0.2) is 0 Å². The molecule has 1 aromatic rings. The van der Waals surface area contributed by atoms with Crippen LogP contribution in [0.15, 0.2) is 16.7 Å². The lowest BCUT2D eigenvalue weighted by molar-refractivity contribution is 0.269. The fourth-order valence-electron chi connectivity index (χ4n) is 3.07. The number of nitrogens with zero attached hydrogens (tertiary/aromatic N) is 1. The number of likely N-dealkylation sites (tertiary alicyclic amines) is 1. The molecule has 1 aromatic heterocycles. The van der Waals surface area contributed by atoms with E-state index in [0.717, 1.165) is 31.3 Å². The topological polar surface area (TPSA) is 28.4 Å². The molecule has 1 fully saturated rings. The Balaban J connectivity index is 1.84. The predicted molar refractivity (Wildman–Crippen MR) is 83.6 cm³/mol. The van der Waals surface area contributed by atoms with Gasteiger partial charge in [-0.15, -0.1) is 0 Å². The second-order valence-electron chi connectivity index (χ2n) is 6.03. The van der Waals surface area contributed by atoms with E-state index in [0.29, 0.717) is 0 Å². The zero-order valence-electron chi connectivity index (χ0n) is 13.2. The Kier molecular flexibility index (Phi) is 6.61. The summed E-state index contributed by atoms with van der Waals surface area (Å²) in [6.07, 6.45) is 8.46. The van der Waals surface area contributed by atoms with Gasteiger partial charge < -0.3 is 9.73 Å². The van der Waals surface area contributed by atoms with E-state index in [1.165, 1.54) is 50.8 Å². The molecule has 1 saturated heterocycles. The summed E-state index contributed by atoms with van der Waals surface area (Å²) in [5.74, 6) is 2.06. The first kappa shape index (κ1) is 15.6. The molecule has 0 spiro atoms. The molecule has 0 amide bonds. The molecular weight excluding hydrogens is 248 g/mol. The minimum Gasteiger partial charge on any atom is -0.468 e. The van der Waals surface area contributed by atoms with Gasteiger partial charge in [0.2, 0.25) is 0 Å². The molecule has 3 nitrogen and oxygen atoms in total. The van der Waals surface area contributed by atoms with Crippen molar-refractivity contribution in [3.05, 3.63) is 23.7 Å². The van der Waals surface area contributed by atoms with E-state index in [1.807, 2.05) is 6.26 Å². The molecule has 0 saturated carbocycles. The number of hydrogen-bond acceptors (Lipinski definition) is 3. The van der Waals surface area contributed by atoms with Crippen molar-refractivity contribution in [2.45, 2.75) is 59.0 Å². The summed E-state index contributed by atoms with van der Waals surface area (Å²) < 4.78 is 5.64. The van der Waals surface area contributed by atoms with Gasteiger partial charge in [0, 0.05) is 12.1 Å². The summed E-state index contributed by atoms with van der Waals surface area (Å²) in [5, 5.41) is 3.43. The highest BCUT2D eigenvalue weighted by molar-refractivity contribution is 5.16. The van der Waals surface area contributed by atoms with Gasteiger partial charge in [-0.3, -0.25) is 4.90 Å². The summed E-state index contributed by atoms with van der Waals surface area (Å²) >= 11 is 0. The molecule has 1 atom stereocenters. The fraction of sp³-hybridized carbons (Fsp3) is 0.765. The van der Waals surface area contributed by atoms with Gasteiger partial charge in [-0.05, 0) is 57.3 Å². The van der Waals surface area contributed by atoms with Crippen molar-refractivity contribution >= 4 is 0 Å². The minimum atomic E-state index is 0.863. The molecule has 0 bridgehead atoms. The third kappa shape index (κ3) is 4.64. The normalized spacial score (nSPS) is 21.0. The maximum Gasteiger partial charge on any atom is 0.122 e. The van der Waals surface area contributed by atoms with Crippen molar-refractivity contribution in [2.24, 2.45) is 5.92 Å². The Morgan fingerprint density at radius 2 is 2.20 bits per heavy atom. The van der Waals surface area contributed by atoms with E-state index in [2.05, 4.69) is 30.1 Å². The average Bonchev–Trinajstić information content (AvgIpc) is 2.76. The van der Waals surface area contributed by atoms with Gasteiger partial charge in [-0.2, -0.15) is 0 Å². The Labute approximate surface area is 123 Å². The standard InChI is InChI=1S/C17H30N2O/c1-3-9-18-13-17-16(8-12-20-17)14-19-10-5-6-15(4-2)7-11-19/h8,12,15,18H,3-7,9-11,13-14H2,1-2H3. The van der Waals surface area contributed by atoms with Crippen LogP contribution in [0.25, 0.3) is 0 Å². The van der Waals surface area contributed by atoms with Gasteiger partial charge in [0.1, 0.15) is 5.76 Å². The Hall–Kier alpha value is -0.800. The first-order chi connectivity index (χ1) is 9.83. The summed E-state index contributed by atoms with van der Waals surface area (Å²) in [5.41, 5.74) is 1.36. The van der Waals surface area contributed by atoms with Crippen molar-refractivity contribution in [3.8, 4) is 0 Å². The van der Waals surface area contributed by atoms with Crippen LogP contribution in [0.4, 0.5) is 0 Å². The zero-order chi connectivity index (χ0) is 14.2. The van der Waals surface area contributed by atoms with Crippen LogP contribution in [-0.2, 0) is 13.1 Å². The highest BCUT2D eigenvalue weighted by Crippen LogP contribution is 2.22. The molecule has 20 heavy (non-hydrogen) atoms. The molecule has 0 radical (unpaired) electrons.